The quantitative estimate of drug-likeness (QED) is 0.780. The molecule has 0 saturated heterocycles. The van der Waals surface area contributed by atoms with Crippen LogP contribution in [0.5, 0.6) is 5.75 Å². The third kappa shape index (κ3) is 3.17. The van der Waals surface area contributed by atoms with Gasteiger partial charge in [-0.05, 0) is 24.1 Å². The molecule has 0 fully saturated rings. The topological polar surface area (TPSA) is 26.3 Å². The SMILES string of the molecule is Cc1cccc(-c2cccc(OC(F)(F)F)c2C=O)c1. The van der Waals surface area contributed by atoms with Crippen LogP contribution in [0.15, 0.2) is 42.5 Å². The van der Waals surface area contributed by atoms with E-state index in [0.717, 1.165) is 11.6 Å². The zero-order valence-electron chi connectivity index (χ0n) is 10.6. The number of aryl methyl sites for hydroxylation is 1. The summed E-state index contributed by atoms with van der Waals surface area (Å²) >= 11 is 0. The molecule has 0 aliphatic heterocycles. The molecule has 0 saturated carbocycles. The van der Waals surface area contributed by atoms with Crippen LogP contribution in [-0.4, -0.2) is 12.6 Å². The van der Waals surface area contributed by atoms with Crippen molar-refractivity contribution < 1.29 is 22.7 Å². The molecule has 0 aromatic heterocycles. The lowest BCUT2D eigenvalue weighted by atomic mass is 9.98. The number of hydrogen-bond donors (Lipinski definition) is 0. The molecule has 2 rings (SSSR count). The van der Waals surface area contributed by atoms with Gasteiger partial charge in [0.25, 0.3) is 0 Å². The number of rotatable bonds is 3. The fraction of sp³-hybridized carbons (Fsp3) is 0.133. The van der Waals surface area contributed by atoms with Gasteiger partial charge in [0.05, 0.1) is 5.56 Å². The molecule has 2 nitrogen and oxygen atoms in total. The van der Waals surface area contributed by atoms with E-state index in [2.05, 4.69) is 4.74 Å². The second-order valence-electron chi connectivity index (χ2n) is 4.25. The van der Waals surface area contributed by atoms with Crippen LogP contribution in [0.3, 0.4) is 0 Å². The van der Waals surface area contributed by atoms with Gasteiger partial charge in [-0.2, -0.15) is 0 Å². The van der Waals surface area contributed by atoms with Gasteiger partial charge < -0.3 is 4.74 Å². The lowest BCUT2D eigenvalue weighted by Gasteiger charge is -2.13. The molecule has 2 aromatic rings. The van der Waals surface area contributed by atoms with Crippen molar-refractivity contribution in [2.24, 2.45) is 0 Å². The van der Waals surface area contributed by atoms with Crippen LogP contribution in [0.2, 0.25) is 0 Å². The van der Waals surface area contributed by atoms with Crippen LogP contribution in [0.1, 0.15) is 15.9 Å². The summed E-state index contributed by atoms with van der Waals surface area (Å²) in [6.45, 7) is 1.86. The minimum atomic E-state index is -4.83. The van der Waals surface area contributed by atoms with Gasteiger partial charge in [0.1, 0.15) is 5.75 Å². The van der Waals surface area contributed by atoms with Crippen LogP contribution >= 0.6 is 0 Å². The summed E-state index contributed by atoms with van der Waals surface area (Å²) in [6, 6.07) is 11.3. The van der Waals surface area contributed by atoms with E-state index < -0.39 is 12.1 Å². The second kappa shape index (κ2) is 5.36. The number of carbonyl (C=O) groups excluding carboxylic acids is 1. The van der Waals surface area contributed by atoms with Gasteiger partial charge in [-0.15, -0.1) is 13.2 Å². The maximum Gasteiger partial charge on any atom is 0.573 e. The maximum absolute atomic E-state index is 12.3. The predicted molar refractivity (Wildman–Crippen MR) is 68.7 cm³/mol. The Balaban J connectivity index is 2.54. The van der Waals surface area contributed by atoms with Crippen molar-refractivity contribution in [2.75, 3.05) is 0 Å². The van der Waals surface area contributed by atoms with E-state index in [1.165, 1.54) is 6.07 Å². The highest BCUT2D eigenvalue weighted by Crippen LogP contribution is 2.32. The van der Waals surface area contributed by atoms with Crippen molar-refractivity contribution in [3.63, 3.8) is 0 Å². The van der Waals surface area contributed by atoms with E-state index in [1.54, 1.807) is 24.3 Å². The first-order valence-electron chi connectivity index (χ1n) is 5.81. The Kier molecular flexibility index (Phi) is 3.79. The molecule has 0 aliphatic carbocycles. The lowest BCUT2D eigenvalue weighted by Crippen LogP contribution is -2.18. The smallest absolute Gasteiger partial charge is 0.405 e. The molecule has 20 heavy (non-hydrogen) atoms. The Morgan fingerprint density at radius 3 is 2.40 bits per heavy atom. The van der Waals surface area contributed by atoms with Gasteiger partial charge in [0.2, 0.25) is 0 Å². The van der Waals surface area contributed by atoms with Gasteiger partial charge in [0, 0.05) is 0 Å². The number of halogens is 3. The maximum atomic E-state index is 12.3. The van der Waals surface area contributed by atoms with Crippen LogP contribution in [0.4, 0.5) is 13.2 Å². The first kappa shape index (κ1) is 14.1. The molecule has 0 N–H and O–H groups in total. The van der Waals surface area contributed by atoms with Crippen LogP contribution < -0.4 is 4.74 Å². The van der Waals surface area contributed by atoms with Gasteiger partial charge >= 0.3 is 6.36 Å². The van der Waals surface area contributed by atoms with Crippen LogP contribution in [0, 0.1) is 6.92 Å². The van der Waals surface area contributed by atoms with Crippen LogP contribution in [0.25, 0.3) is 11.1 Å². The highest BCUT2D eigenvalue weighted by atomic mass is 19.4. The molecule has 0 amide bonds. The molecule has 104 valence electrons. The zero-order chi connectivity index (χ0) is 14.8. The Hall–Kier alpha value is -2.30. The molecule has 0 radical (unpaired) electrons. The van der Waals surface area contributed by atoms with Crippen molar-refractivity contribution in [3.8, 4) is 16.9 Å². The van der Waals surface area contributed by atoms with Crippen molar-refractivity contribution >= 4 is 6.29 Å². The summed E-state index contributed by atoms with van der Waals surface area (Å²) in [5.74, 6) is -0.494. The number of benzene rings is 2. The summed E-state index contributed by atoms with van der Waals surface area (Å²) in [4.78, 5) is 11.1. The van der Waals surface area contributed by atoms with Crippen molar-refractivity contribution in [3.05, 3.63) is 53.6 Å². The van der Waals surface area contributed by atoms with E-state index in [9.17, 15) is 18.0 Å². The Bertz CT molecular complexity index is 633. The van der Waals surface area contributed by atoms with Gasteiger partial charge in [-0.25, -0.2) is 0 Å². The van der Waals surface area contributed by atoms with E-state index in [4.69, 9.17) is 0 Å². The number of alkyl halides is 3. The van der Waals surface area contributed by atoms with Crippen molar-refractivity contribution in [1.29, 1.82) is 0 Å². The summed E-state index contributed by atoms with van der Waals surface area (Å²) in [5, 5.41) is 0. The molecule has 0 bridgehead atoms. The van der Waals surface area contributed by atoms with Gasteiger partial charge in [-0.1, -0.05) is 42.0 Å². The molecule has 0 spiro atoms. The number of ether oxygens (including phenoxy) is 1. The minimum absolute atomic E-state index is 0.115. The summed E-state index contributed by atoms with van der Waals surface area (Å²) in [5.41, 5.74) is 1.90. The van der Waals surface area contributed by atoms with E-state index in [1.807, 2.05) is 13.0 Å². The molecule has 0 aliphatic rings. The standard InChI is InChI=1S/C15H11F3O2/c1-10-4-2-5-11(8-10)12-6-3-7-14(13(12)9-19)20-15(16,17)18/h2-9H,1H3. The summed E-state index contributed by atoms with van der Waals surface area (Å²) < 4.78 is 40.8. The average Bonchev–Trinajstić information content (AvgIpc) is 2.36. The summed E-state index contributed by atoms with van der Waals surface area (Å²) in [7, 11) is 0. The van der Waals surface area contributed by atoms with Crippen molar-refractivity contribution in [2.45, 2.75) is 13.3 Å². The lowest BCUT2D eigenvalue weighted by molar-refractivity contribution is -0.274. The van der Waals surface area contributed by atoms with E-state index in [0.29, 0.717) is 17.4 Å². The Morgan fingerprint density at radius 2 is 1.80 bits per heavy atom. The molecule has 2 aromatic carbocycles. The van der Waals surface area contributed by atoms with E-state index >= 15 is 0 Å². The normalized spacial score (nSPS) is 11.2. The molecule has 0 unspecified atom stereocenters. The highest BCUT2D eigenvalue weighted by molar-refractivity contribution is 5.91. The van der Waals surface area contributed by atoms with E-state index in [-0.39, 0.29) is 5.56 Å². The Labute approximate surface area is 113 Å². The number of carbonyl (C=O) groups is 1. The predicted octanol–water partition coefficient (Wildman–Crippen LogP) is 4.37. The first-order valence-corrected chi connectivity index (χ1v) is 5.81. The number of hydrogen-bond acceptors (Lipinski definition) is 2. The van der Waals surface area contributed by atoms with Gasteiger partial charge in [0.15, 0.2) is 6.29 Å². The number of aldehydes is 1. The first-order chi connectivity index (χ1) is 9.40. The molecular weight excluding hydrogens is 269 g/mol. The minimum Gasteiger partial charge on any atom is -0.405 e. The molecular formula is C15H11F3O2. The largest absolute Gasteiger partial charge is 0.573 e. The average molecular weight is 280 g/mol. The highest BCUT2D eigenvalue weighted by Gasteiger charge is 2.32. The fourth-order valence-electron chi connectivity index (χ4n) is 1.94. The summed E-state index contributed by atoms with van der Waals surface area (Å²) in [6.07, 6.45) is -4.46. The zero-order valence-corrected chi connectivity index (χ0v) is 10.6. The van der Waals surface area contributed by atoms with Crippen molar-refractivity contribution in [1.82, 2.24) is 0 Å². The molecule has 0 atom stereocenters. The molecule has 5 heteroatoms. The van der Waals surface area contributed by atoms with Crippen LogP contribution in [-0.2, 0) is 0 Å². The monoisotopic (exact) mass is 280 g/mol. The fourth-order valence-corrected chi connectivity index (χ4v) is 1.94. The van der Waals surface area contributed by atoms with Gasteiger partial charge in [-0.3, -0.25) is 4.79 Å². The third-order valence-electron chi connectivity index (χ3n) is 2.74. The molecule has 0 heterocycles. The second-order valence-corrected chi connectivity index (χ2v) is 4.25. The third-order valence-corrected chi connectivity index (χ3v) is 2.74. The Morgan fingerprint density at radius 1 is 1.10 bits per heavy atom.